The maximum Gasteiger partial charge on any atom is 0.291 e. The predicted octanol–water partition coefficient (Wildman–Crippen LogP) is 3.64. The molecular formula is C22H24N2O3. The molecule has 0 spiro atoms. The molecule has 0 bridgehead atoms. The lowest BCUT2D eigenvalue weighted by molar-refractivity contribution is 0.0912. The smallest absolute Gasteiger partial charge is 0.291 e. The van der Waals surface area contributed by atoms with Gasteiger partial charge in [0, 0.05) is 5.39 Å². The largest absolute Gasteiger partial charge is 0.411 e. The summed E-state index contributed by atoms with van der Waals surface area (Å²) >= 11 is 0. The summed E-state index contributed by atoms with van der Waals surface area (Å²) < 4.78 is 1.22. The zero-order valence-electron chi connectivity index (χ0n) is 15.9. The fraction of sp³-hybridized carbons (Fsp3) is 0.273. The molecular weight excluding hydrogens is 340 g/mol. The SMILES string of the molecule is CCOn1c(C)c(C(=O)NC(CC)c2ccccc2)c2ccccc2c1=O. The van der Waals surface area contributed by atoms with Crippen molar-refractivity contribution in [1.82, 2.24) is 10.0 Å². The van der Waals surface area contributed by atoms with Crippen LogP contribution in [0.15, 0.2) is 59.4 Å². The first-order chi connectivity index (χ1) is 13.1. The number of hydrogen-bond donors (Lipinski definition) is 1. The molecule has 0 saturated carbocycles. The molecule has 0 aliphatic rings. The van der Waals surface area contributed by atoms with Gasteiger partial charge in [-0.2, -0.15) is 0 Å². The first-order valence-corrected chi connectivity index (χ1v) is 9.21. The molecule has 2 aromatic carbocycles. The van der Waals surface area contributed by atoms with Crippen LogP contribution in [-0.4, -0.2) is 17.2 Å². The van der Waals surface area contributed by atoms with E-state index < -0.39 is 0 Å². The summed E-state index contributed by atoms with van der Waals surface area (Å²) in [5.41, 5.74) is 1.76. The van der Waals surface area contributed by atoms with Gasteiger partial charge < -0.3 is 10.2 Å². The second kappa shape index (κ2) is 8.08. The molecule has 1 N–H and O–H groups in total. The lowest BCUT2D eigenvalue weighted by Gasteiger charge is -2.20. The minimum Gasteiger partial charge on any atom is -0.411 e. The normalized spacial score (nSPS) is 12.0. The summed E-state index contributed by atoms with van der Waals surface area (Å²) in [5, 5.41) is 4.21. The molecule has 0 aliphatic carbocycles. The van der Waals surface area contributed by atoms with E-state index >= 15 is 0 Å². The molecule has 140 valence electrons. The van der Waals surface area contributed by atoms with Crippen LogP contribution in [0, 0.1) is 6.92 Å². The summed E-state index contributed by atoms with van der Waals surface area (Å²) in [6.07, 6.45) is 0.762. The van der Waals surface area contributed by atoms with Crippen molar-refractivity contribution in [3.8, 4) is 0 Å². The lowest BCUT2D eigenvalue weighted by Crippen LogP contribution is -2.34. The third-order valence-electron chi connectivity index (χ3n) is 4.68. The highest BCUT2D eigenvalue weighted by Crippen LogP contribution is 2.22. The Bertz CT molecular complexity index is 1010. The minimum absolute atomic E-state index is 0.107. The first kappa shape index (κ1) is 18.7. The number of benzene rings is 2. The molecule has 1 heterocycles. The molecule has 0 aliphatic heterocycles. The second-order valence-corrected chi connectivity index (χ2v) is 6.37. The Hall–Kier alpha value is -3.08. The van der Waals surface area contributed by atoms with Crippen LogP contribution in [0.25, 0.3) is 10.8 Å². The van der Waals surface area contributed by atoms with Crippen molar-refractivity contribution in [3.05, 3.63) is 81.8 Å². The van der Waals surface area contributed by atoms with Gasteiger partial charge in [-0.1, -0.05) is 55.5 Å². The molecule has 5 heteroatoms. The molecule has 0 saturated heterocycles. The topological polar surface area (TPSA) is 60.3 Å². The number of carbonyl (C=O) groups excluding carboxylic acids is 1. The molecule has 1 aromatic heterocycles. The average molecular weight is 364 g/mol. The van der Waals surface area contributed by atoms with Gasteiger partial charge in [0.2, 0.25) is 0 Å². The van der Waals surface area contributed by atoms with Gasteiger partial charge in [0.15, 0.2) is 0 Å². The van der Waals surface area contributed by atoms with Gasteiger partial charge in [-0.25, -0.2) is 0 Å². The predicted molar refractivity (Wildman–Crippen MR) is 107 cm³/mol. The Labute approximate surface area is 158 Å². The Morgan fingerprint density at radius 3 is 2.30 bits per heavy atom. The second-order valence-electron chi connectivity index (χ2n) is 6.37. The van der Waals surface area contributed by atoms with E-state index in [4.69, 9.17) is 4.84 Å². The summed E-state index contributed by atoms with van der Waals surface area (Å²) in [6.45, 7) is 5.91. The van der Waals surface area contributed by atoms with Crippen molar-refractivity contribution in [1.29, 1.82) is 0 Å². The number of carbonyl (C=O) groups is 1. The highest BCUT2D eigenvalue weighted by molar-refractivity contribution is 6.07. The van der Waals surface area contributed by atoms with Crippen LogP contribution < -0.4 is 15.7 Å². The van der Waals surface area contributed by atoms with E-state index in [0.717, 1.165) is 12.0 Å². The summed E-state index contributed by atoms with van der Waals surface area (Å²) in [6, 6.07) is 16.9. The van der Waals surface area contributed by atoms with E-state index in [2.05, 4.69) is 5.32 Å². The number of rotatable bonds is 6. The van der Waals surface area contributed by atoms with E-state index in [9.17, 15) is 9.59 Å². The van der Waals surface area contributed by atoms with E-state index in [1.54, 1.807) is 25.1 Å². The number of hydrogen-bond acceptors (Lipinski definition) is 3. The molecule has 5 nitrogen and oxygen atoms in total. The van der Waals surface area contributed by atoms with E-state index in [1.165, 1.54) is 4.73 Å². The molecule has 0 radical (unpaired) electrons. The van der Waals surface area contributed by atoms with Crippen LogP contribution in [0.2, 0.25) is 0 Å². The van der Waals surface area contributed by atoms with Crippen molar-refractivity contribution in [2.45, 2.75) is 33.2 Å². The van der Waals surface area contributed by atoms with E-state index in [0.29, 0.717) is 28.6 Å². The van der Waals surface area contributed by atoms with Crippen molar-refractivity contribution >= 4 is 16.7 Å². The minimum atomic E-state index is -0.253. The highest BCUT2D eigenvalue weighted by atomic mass is 16.7. The molecule has 3 aromatic rings. The maximum atomic E-state index is 13.2. The average Bonchev–Trinajstić information content (AvgIpc) is 2.70. The van der Waals surface area contributed by atoms with Gasteiger partial charge in [0.25, 0.3) is 11.5 Å². The number of pyridine rings is 1. The highest BCUT2D eigenvalue weighted by Gasteiger charge is 2.22. The monoisotopic (exact) mass is 364 g/mol. The van der Waals surface area contributed by atoms with Gasteiger partial charge in [-0.3, -0.25) is 9.59 Å². The van der Waals surface area contributed by atoms with Gasteiger partial charge >= 0.3 is 0 Å². The number of nitrogens with one attached hydrogen (secondary N) is 1. The van der Waals surface area contributed by atoms with Crippen LogP contribution in [0.1, 0.15) is 47.9 Å². The zero-order chi connectivity index (χ0) is 19.4. The zero-order valence-corrected chi connectivity index (χ0v) is 15.9. The standard InChI is InChI=1S/C22H24N2O3/c1-4-19(16-11-7-6-8-12-16)23-21(25)20-15(3)24(27-5-2)22(26)18-14-10-9-13-17(18)20/h6-14,19H,4-5H2,1-3H3,(H,23,25). The third kappa shape index (κ3) is 3.58. The van der Waals surface area contributed by atoms with Crippen molar-refractivity contribution in [2.75, 3.05) is 6.61 Å². The van der Waals surface area contributed by atoms with Crippen molar-refractivity contribution < 1.29 is 9.63 Å². The van der Waals surface area contributed by atoms with E-state index in [1.807, 2.05) is 50.2 Å². The van der Waals surface area contributed by atoms with Gasteiger partial charge in [0.1, 0.15) is 6.61 Å². The molecule has 1 unspecified atom stereocenters. The lowest BCUT2D eigenvalue weighted by atomic mass is 10.0. The van der Waals surface area contributed by atoms with Crippen LogP contribution in [0.5, 0.6) is 0 Å². The van der Waals surface area contributed by atoms with Gasteiger partial charge in [-0.15, -0.1) is 4.73 Å². The number of amides is 1. The molecule has 1 amide bonds. The molecule has 1 atom stereocenters. The van der Waals surface area contributed by atoms with Crippen LogP contribution >= 0.6 is 0 Å². The van der Waals surface area contributed by atoms with Crippen molar-refractivity contribution in [3.63, 3.8) is 0 Å². The number of fused-ring (bicyclic) bond motifs is 1. The van der Waals surface area contributed by atoms with Gasteiger partial charge in [0.05, 0.1) is 22.7 Å². The fourth-order valence-corrected chi connectivity index (χ4v) is 3.35. The van der Waals surface area contributed by atoms with Crippen LogP contribution in [0.3, 0.4) is 0 Å². The Balaban J connectivity index is 2.10. The molecule has 27 heavy (non-hydrogen) atoms. The summed E-state index contributed by atoms with van der Waals surface area (Å²) in [4.78, 5) is 31.4. The Kier molecular flexibility index (Phi) is 5.60. The molecule has 0 fully saturated rings. The number of aromatic nitrogens is 1. The third-order valence-corrected chi connectivity index (χ3v) is 4.68. The quantitative estimate of drug-likeness (QED) is 0.726. The summed E-state index contributed by atoms with van der Waals surface area (Å²) in [5.74, 6) is -0.215. The van der Waals surface area contributed by atoms with E-state index in [-0.39, 0.29) is 17.5 Å². The van der Waals surface area contributed by atoms with Gasteiger partial charge in [-0.05, 0) is 31.9 Å². The fourth-order valence-electron chi connectivity index (χ4n) is 3.35. The Morgan fingerprint density at radius 1 is 1.04 bits per heavy atom. The Morgan fingerprint density at radius 2 is 1.67 bits per heavy atom. The molecule has 3 rings (SSSR count). The van der Waals surface area contributed by atoms with Crippen molar-refractivity contribution in [2.24, 2.45) is 0 Å². The number of nitrogens with zero attached hydrogens (tertiary/aromatic N) is 1. The summed E-state index contributed by atoms with van der Waals surface area (Å²) in [7, 11) is 0. The first-order valence-electron chi connectivity index (χ1n) is 9.21. The van der Waals surface area contributed by atoms with Crippen LogP contribution in [0.4, 0.5) is 0 Å². The maximum absolute atomic E-state index is 13.2. The van der Waals surface area contributed by atoms with Crippen LogP contribution in [-0.2, 0) is 0 Å².